The van der Waals surface area contributed by atoms with Crippen LogP contribution in [0.25, 0.3) is 5.69 Å². The topological polar surface area (TPSA) is 82.9 Å². The number of rotatable bonds is 7. The van der Waals surface area contributed by atoms with Gasteiger partial charge in [0.1, 0.15) is 11.9 Å². The normalized spacial score (nSPS) is 18.5. The van der Waals surface area contributed by atoms with Crippen LogP contribution in [-0.4, -0.2) is 48.0 Å². The average Bonchev–Trinajstić information content (AvgIpc) is 3.60. The number of amides is 1. The molecule has 1 amide bonds. The minimum Gasteiger partial charge on any atom is -0.493 e. The summed E-state index contributed by atoms with van der Waals surface area (Å²) >= 11 is 0. The second-order valence-corrected chi connectivity index (χ2v) is 9.93. The number of esters is 1. The summed E-state index contributed by atoms with van der Waals surface area (Å²) in [7, 11) is 1.63. The number of anilines is 1. The van der Waals surface area contributed by atoms with E-state index >= 15 is 0 Å². The Balaban J connectivity index is 1.37. The van der Waals surface area contributed by atoms with Crippen molar-refractivity contribution in [1.29, 1.82) is 0 Å². The van der Waals surface area contributed by atoms with Gasteiger partial charge in [-0.2, -0.15) is 18.3 Å². The van der Waals surface area contributed by atoms with E-state index in [-0.39, 0.29) is 41.0 Å². The summed E-state index contributed by atoms with van der Waals surface area (Å²) in [5.41, 5.74) is 1.13. The largest absolute Gasteiger partial charge is 0.493 e. The van der Waals surface area contributed by atoms with Gasteiger partial charge >= 0.3 is 12.1 Å². The van der Waals surface area contributed by atoms with Crippen LogP contribution in [0.2, 0.25) is 0 Å². The highest BCUT2D eigenvalue weighted by Crippen LogP contribution is 2.35. The third kappa shape index (κ3) is 5.78. The first-order valence-electron chi connectivity index (χ1n) is 13.3. The maximum absolute atomic E-state index is 13.6. The summed E-state index contributed by atoms with van der Waals surface area (Å²) in [4.78, 5) is 26.8. The van der Waals surface area contributed by atoms with Crippen LogP contribution in [-0.2, 0) is 22.1 Å². The molecular formula is C29H30F3N3O5. The number of fused-ring (bicyclic) bond motifs is 1. The fraction of sp³-hybridized carbons (Fsp3) is 0.414. The van der Waals surface area contributed by atoms with Crippen LogP contribution in [0, 0.1) is 5.92 Å². The van der Waals surface area contributed by atoms with Crippen LogP contribution >= 0.6 is 0 Å². The lowest BCUT2D eigenvalue weighted by Gasteiger charge is -2.27. The molecule has 8 nitrogen and oxygen atoms in total. The van der Waals surface area contributed by atoms with E-state index in [2.05, 4.69) is 5.10 Å². The fourth-order valence-corrected chi connectivity index (χ4v) is 5.06. The zero-order valence-corrected chi connectivity index (χ0v) is 22.2. The fourth-order valence-electron chi connectivity index (χ4n) is 5.06. The highest BCUT2D eigenvalue weighted by Gasteiger charge is 2.37. The van der Waals surface area contributed by atoms with Crippen LogP contribution in [0.1, 0.15) is 54.2 Å². The molecule has 212 valence electrons. The third-order valence-corrected chi connectivity index (χ3v) is 7.26. The quantitative estimate of drug-likeness (QED) is 0.352. The molecule has 0 saturated heterocycles. The first kappa shape index (κ1) is 27.5. The number of carbonyl (C=O) groups excluding carboxylic acids is 2. The van der Waals surface area contributed by atoms with Crippen molar-refractivity contribution in [3.8, 4) is 17.3 Å². The molecule has 0 atom stereocenters. The molecule has 1 aliphatic carbocycles. The predicted molar refractivity (Wildman–Crippen MR) is 140 cm³/mol. The standard InChI is InChI=1S/C29H30F3N3O5/c1-3-38-28(37)19-8-11-23(12-9-19)40-26-17-25(29(30,31)32)33-35(26)22-6-4-5-20(15-22)27(36)34(2)21-10-7-18-13-14-39-24(18)16-21/h4-7,10,15-17,19,23H,3,8-9,11-14H2,1-2H3. The first-order valence-corrected chi connectivity index (χ1v) is 13.3. The van der Waals surface area contributed by atoms with E-state index in [4.69, 9.17) is 14.2 Å². The van der Waals surface area contributed by atoms with Crippen LogP contribution in [0.5, 0.6) is 11.6 Å². The first-order chi connectivity index (χ1) is 19.1. The minimum absolute atomic E-state index is 0.0827. The molecule has 1 aromatic heterocycles. The number of halogens is 3. The van der Waals surface area contributed by atoms with Crippen molar-refractivity contribution in [3.05, 3.63) is 65.4 Å². The van der Waals surface area contributed by atoms with Gasteiger partial charge in [0.2, 0.25) is 5.88 Å². The van der Waals surface area contributed by atoms with Gasteiger partial charge in [0, 0.05) is 36.9 Å². The van der Waals surface area contributed by atoms with Gasteiger partial charge in [-0.25, -0.2) is 4.68 Å². The molecule has 0 bridgehead atoms. The molecule has 1 aliphatic heterocycles. The Morgan fingerprint density at radius 3 is 2.60 bits per heavy atom. The van der Waals surface area contributed by atoms with Crippen LogP contribution < -0.4 is 14.4 Å². The van der Waals surface area contributed by atoms with Crippen LogP contribution in [0.15, 0.2) is 48.5 Å². The zero-order valence-electron chi connectivity index (χ0n) is 22.2. The average molecular weight is 558 g/mol. The van der Waals surface area contributed by atoms with E-state index in [9.17, 15) is 22.8 Å². The predicted octanol–water partition coefficient (Wildman–Crippen LogP) is 5.60. The van der Waals surface area contributed by atoms with Crippen molar-refractivity contribution < 1.29 is 37.0 Å². The molecule has 5 rings (SSSR count). The molecule has 1 fully saturated rings. The number of aromatic nitrogens is 2. The molecule has 1 saturated carbocycles. The maximum atomic E-state index is 13.6. The Morgan fingerprint density at radius 1 is 1.10 bits per heavy atom. The molecule has 0 spiro atoms. The summed E-state index contributed by atoms with van der Waals surface area (Å²) < 4.78 is 58.7. The van der Waals surface area contributed by atoms with Crippen LogP contribution in [0.4, 0.5) is 18.9 Å². The molecule has 0 N–H and O–H groups in total. The Labute approximate surface area is 229 Å². The lowest BCUT2D eigenvalue weighted by Crippen LogP contribution is -2.29. The molecule has 11 heteroatoms. The van der Waals surface area contributed by atoms with Crippen molar-refractivity contribution in [3.63, 3.8) is 0 Å². The number of hydrogen-bond donors (Lipinski definition) is 0. The van der Waals surface area contributed by atoms with Crippen molar-refractivity contribution >= 4 is 17.6 Å². The molecule has 2 aliphatic rings. The Hall–Kier alpha value is -4.02. The second kappa shape index (κ2) is 11.2. The van der Waals surface area contributed by atoms with Crippen molar-refractivity contribution in [2.24, 2.45) is 5.92 Å². The van der Waals surface area contributed by atoms with Crippen LogP contribution in [0.3, 0.4) is 0 Å². The number of benzene rings is 2. The third-order valence-electron chi connectivity index (χ3n) is 7.26. The van der Waals surface area contributed by atoms with Crippen molar-refractivity contribution in [2.75, 3.05) is 25.2 Å². The number of carbonyl (C=O) groups is 2. The van der Waals surface area contributed by atoms with Gasteiger partial charge in [0.15, 0.2) is 5.69 Å². The number of ether oxygens (including phenoxy) is 3. The molecule has 3 aromatic rings. The van der Waals surface area contributed by atoms with E-state index in [1.807, 2.05) is 12.1 Å². The zero-order chi connectivity index (χ0) is 28.4. The van der Waals surface area contributed by atoms with Gasteiger partial charge in [0.25, 0.3) is 5.91 Å². The van der Waals surface area contributed by atoms with Gasteiger partial charge in [0.05, 0.1) is 24.8 Å². The van der Waals surface area contributed by atoms with E-state index in [1.165, 1.54) is 11.0 Å². The Bertz CT molecular complexity index is 1400. The molecule has 0 radical (unpaired) electrons. The van der Waals surface area contributed by atoms with Gasteiger partial charge in [-0.05, 0) is 62.4 Å². The van der Waals surface area contributed by atoms with E-state index in [0.717, 1.165) is 28.5 Å². The highest BCUT2D eigenvalue weighted by molar-refractivity contribution is 6.06. The smallest absolute Gasteiger partial charge is 0.435 e. The number of nitrogens with zero attached hydrogens (tertiary/aromatic N) is 3. The summed E-state index contributed by atoms with van der Waals surface area (Å²) in [5, 5.41) is 3.78. The van der Waals surface area contributed by atoms with E-state index in [0.29, 0.717) is 44.6 Å². The highest BCUT2D eigenvalue weighted by atomic mass is 19.4. The Morgan fingerprint density at radius 2 is 1.88 bits per heavy atom. The summed E-state index contributed by atoms with van der Waals surface area (Å²) in [5.74, 6) is -0.194. The SMILES string of the molecule is CCOC(=O)C1CCC(Oc2cc(C(F)(F)F)nn2-c2cccc(C(=O)N(C)c3ccc4c(c3)OCC4)c2)CC1. The summed E-state index contributed by atoms with van der Waals surface area (Å²) in [6, 6.07) is 12.7. The van der Waals surface area contributed by atoms with Gasteiger partial charge in [-0.3, -0.25) is 9.59 Å². The van der Waals surface area contributed by atoms with Crippen molar-refractivity contribution in [2.45, 2.75) is 51.3 Å². The number of alkyl halides is 3. The molecule has 40 heavy (non-hydrogen) atoms. The summed E-state index contributed by atoms with van der Waals surface area (Å²) in [6.07, 6.45) is -2.24. The summed E-state index contributed by atoms with van der Waals surface area (Å²) in [6.45, 7) is 2.64. The molecular weight excluding hydrogens is 527 g/mol. The van der Waals surface area contributed by atoms with E-state index < -0.39 is 11.9 Å². The lowest BCUT2D eigenvalue weighted by molar-refractivity contribution is -0.149. The maximum Gasteiger partial charge on any atom is 0.435 e. The lowest BCUT2D eigenvalue weighted by atomic mass is 9.87. The monoisotopic (exact) mass is 557 g/mol. The molecule has 2 aromatic carbocycles. The van der Waals surface area contributed by atoms with Gasteiger partial charge < -0.3 is 19.1 Å². The number of hydrogen-bond acceptors (Lipinski definition) is 6. The molecule has 2 heterocycles. The van der Waals surface area contributed by atoms with Gasteiger partial charge in [-0.15, -0.1) is 0 Å². The Kier molecular flexibility index (Phi) is 7.73. The van der Waals surface area contributed by atoms with Crippen molar-refractivity contribution in [1.82, 2.24) is 9.78 Å². The minimum atomic E-state index is -4.69. The second-order valence-electron chi connectivity index (χ2n) is 9.93. The van der Waals surface area contributed by atoms with E-state index in [1.54, 1.807) is 38.2 Å². The van der Waals surface area contributed by atoms with Gasteiger partial charge in [-0.1, -0.05) is 12.1 Å². The molecule has 0 unspecified atom stereocenters.